The number of rotatable bonds is 2. The summed E-state index contributed by atoms with van der Waals surface area (Å²) in [5.41, 5.74) is 0.285. The van der Waals surface area contributed by atoms with Crippen molar-refractivity contribution in [2.75, 3.05) is 4.90 Å². The molecule has 1 fully saturated rings. The minimum absolute atomic E-state index is 0.181. The molecule has 1 aromatic carbocycles. The molecule has 1 aliphatic carbocycles. The van der Waals surface area contributed by atoms with Gasteiger partial charge in [0.25, 0.3) is 5.91 Å². The Hall–Kier alpha value is -1.61. The van der Waals surface area contributed by atoms with Crippen LogP contribution in [-0.2, 0) is 4.79 Å². The molecule has 2 unspecified atom stereocenters. The molecule has 21 heavy (non-hydrogen) atoms. The van der Waals surface area contributed by atoms with Gasteiger partial charge in [0.1, 0.15) is 0 Å². The van der Waals surface area contributed by atoms with Gasteiger partial charge in [-0.15, -0.1) is 0 Å². The third-order valence-electron chi connectivity index (χ3n) is 4.80. The molecule has 2 atom stereocenters. The Bertz CT molecular complexity index is 585. The van der Waals surface area contributed by atoms with E-state index in [0.717, 1.165) is 24.9 Å². The summed E-state index contributed by atoms with van der Waals surface area (Å²) in [6, 6.07) is 9.43. The number of aliphatic hydroxyl groups is 1. The summed E-state index contributed by atoms with van der Waals surface area (Å²) in [6.45, 7) is 5.82. The van der Waals surface area contributed by atoms with Gasteiger partial charge in [-0.25, -0.2) is 0 Å². The lowest BCUT2D eigenvalue weighted by Crippen LogP contribution is -2.79. The van der Waals surface area contributed by atoms with Crippen molar-refractivity contribution < 1.29 is 9.90 Å². The minimum Gasteiger partial charge on any atom is -0.377 e. The van der Waals surface area contributed by atoms with E-state index in [0.29, 0.717) is 0 Å². The maximum Gasteiger partial charge on any atom is 0.262 e. The summed E-state index contributed by atoms with van der Waals surface area (Å²) in [7, 11) is 0. The molecule has 3 rings (SSSR count). The largest absolute Gasteiger partial charge is 0.377 e. The lowest BCUT2D eigenvalue weighted by molar-refractivity contribution is -0.168. The molecule has 1 amide bonds. The lowest BCUT2D eigenvalue weighted by Gasteiger charge is -2.59. The molecule has 1 saturated heterocycles. The fraction of sp³-hybridized carbons (Fsp3) is 0.500. The molecule has 1 N–H and O–H groups in total. The van der Waals surface area contributed by atoms with E-state index in [1.54, 1.807) is 4.90 Å². The average molecular weight is 285 g/mol. The van der Waals surface area contributed by atoms with E-state index in [-0.39, 0.29) is 11.9 Å². The first-order chi connectivity index (χ1) is 9.87. The second-order valence-electron chi connectivity index (χ2n) is 7.10. The normalized spacial score (nSPS) is 29.3. The number of carbonyl (C=O) groups is 1. The monoisotopic (exact) mass is 285 g/mol. The fourth-order valence-corrected chi connectivity index (χ4v) is 3.50. The number of nitrogens with zero attached hydrogens (tertiary/aromatic N) is 1. The third-order valence-corrected chi connectivity index (χ3v) is 4.80. The Morgan fingerprint density at radius 1 is 1.24 bits per heavy atom. The van der Waals surface area contributed by atoms with Crippen molar-refractivity contribution in [2.45, 2.75) is 51.7 Å². The van der Waals surface area contributed by atoms with E-state index in [9.17, 15) is 9.90 Å². The molecule has 0 bridgehead atoms. The predicted molar refractivity (Wildman–Crippen MR) is 84.1 cm³/mol. The van der Waals surface area contributed by atoms with Gasteiger partial charge in [0, 0.05) is 11.1 Å². The number of anilines is 1. The Balaban J connectivity index is 2.04. The first-order valence-electron chi connectivity index (χ1n) is 7.67. The van der Waals surface area contributed by atoms with Crippen LogP contribution in [-0.4, -0.2) is 22.7 Å². The van der Waals surface area contributed by atoms with E-state index >= 15 is 0 Å². The standard InChI is InChI=1S/C18H23NO2/c1-17(2,3)18(21)15(13-9-7-8-10-13)19(16(18)20)14-11-5-4-6-12-14/h4-6,9,11-12,15,21H,7-8,10H2,1-3H3. The topological polar surface area (TPSA) is 40.5 Å². The summed E-state index contributed by atoms with van der Waals surface area (Å²) in [5, 5.41) is 11.1. The van der Waals surface area contributed by atoms with Crippen molar-refractivity contribution in [3.8, 4) is 0 Å². The summed E-state index contributed by atoms with van der Waals surface area (Å²) in [4.78, 5) is 14.5. The molecular formula is C18H23NO2. The van der Waals surface area contributed by atoms with Crippen LogP contribution in [0.15, 0.2) is 42.0 Å². The molecule has 1 aliphatic heterocycles. The van der Waals surface area contributed by atoms with Crippen molar-refractivity contribution in [1.29, 1.82) is 0 Å². The van der Waals surface area contributed by atoms with Crippen LogP contribution in [0.25, 0.3) is 0 Å². The van der Waals surface area contributed by atoms with Gasteiger partial charge in [0.05, 0.1) is 6.04 Å². The molecule has 1 aromatic rings. The fourth-order valence-electron chi connectivity index (χ4n) is 3.50. The first kappa shape index (κ1) is 14.3. The molecule has 3 nitrogen and oxygen atoms in total. The van der Waals surface area contributed by atoms with Gasteiger partial charge >= 0.3 is 0 Å². The van der Waals surface area contributed by atoms with Crippen molar-refractivity contribution in [2.24, 2.45) is 5.41 Å². The Labute approximate surface area is 126 Å². The van der Waals surface area contributed by atoms with Gasteiger partial charge in [0.2, 0.25) is 0 Å². The maximum absolute atomic E-state index is 12.7. The number of hydrogen-bond acceptors (Lipinski definition) is 2. The van der Waals surface area contributed by atoms with Gasteiger partial charge in [-0.1, -0.05) is 45.0 Å². The Kier molecular flexibility index (Phi) is 3.21. The van der Waals surface area contributed by atoms with Crippen LogP contribution >= 0.6 is 0 Å². The van der Waals surface area contributed by atoms with E-state index < -0.39 is 11.0 Å². The molecule has 0 spiro atoms. The second-order valence-corrected chi connectivity index (χ2v) is 7.10. The second kappa shape index (κ2) is 4.70. The van der Waals surface area contributed by atoms with Gasteiger partial charge in [0.15, 0.2) is 5.60 Å². The van der Waals surface area contributed by atoms with Crippen molar-refractivity contribution in [1.82, 2.24) is 0 Å². The zero-order chi connectivity index (χ0) is 15.3. The molecule has 0 radical (unpaired) electrons. The minimum atomic E-state index is -1.31. The summed E-state index contributed by atoms with van der Waals surface area (Å²) >= 11 is 0. The average Bonchev–Trinajstić information content (AvgIpc) is 2.96. The van der Waals surface area contributed by atoms with E-state index in [1.807, 2.05) is 51.1 Å². The SMILES string of the molecule is CC(C)(C)C1(O)C(=O)N(c2ccccc2)C1C1=CCCC1. The lowest BCUT2D eigenvalue weighted by atomic mass is 9.63. The molecule has 0 saturated carbocycles. The summed E-state index contributed by atoms with van der Waals surface area (Å²) < 4.78 is 0. The quantitative estimate of drug-likeness (QED) is 0.669. The first-order valence-corrected chi connectivity index (χ1v) is 7.67. The number of hydrogen-bond donors (Lipinski definition) is 1. The van der Waals surface area contributed by atoms with Gasteiger partial charge in [-0.2, -0.15) is 0 Å². The molecule has 0 aromatic heterocycles. The summed E-state index contributed by atoms with van der Waals surface area (Å²) in [6.07, 6.45) is 5.33. The van der Waals surface area contributed by atoms with E-state index in [4.69, 9.17) is 0 Å². The number of allylic oxidation sites excluding steroid dienone is 1. The highest BCUT2D eigenvalue weighted by Gasteiger charge is 2.66. The predicted octanol–water partition coefficient (Wildman–Crippen LogP) is 3.29. The van der Waals surface area contributed by atoms with Crippen LogP contribution in [0.5, 0.6) is 0 Å². The van der Waals surface area contributed by atoms with Gasteiger partial charge in [-0.3, -0.25) is 9.69 Å². The summed E-state index contributed by atoms with van der Waals surface area (Å²) in [5.74, 6) is -0.181. The molecule has 112 valence electrons. The maximum atomic E-state index is 12.7. The van der Waals surface area contributed by atoms with Gasteiger partial charge in [-0.05, 0) is 37.0 Å². The van der Waals surface area contributed by atoms with Crippen molar-refractivity contribution in [3.63, 3.8) is 0 Å². The van der Waals surface area contributed by atoms with Crippen LogP contribution < -0.4 is 4.90 Å². The highest BCUT2D eigenvalue weighted by molar-refractivity contribution is 6.09. The molecule has 2 aliphatic rings. The van der Waals surface area contributed by atoms with E-state index in [2.05, 4.69) is 6.08 Å². The third kappa shape index (κ3) is 1.95. The molecule has 1 heterocycles. The number of amides is 1. The smallest absolute Gasteiger partial charge is 0.262 e. The zero-order valence-corrected chi connectivity index (χ0v) is 13.0. The van der Waals surface area contributed by atoms with Crippen LogP contribution in [0.2, 0.25) is 0 Å². The zero-order valence-electron chi connectivity index (χ0n) is 13.0. The van der Waals surface area contributed by atoms with Crippen LogP contribution in [0.1, 0.15) is 40.0 Å². The molecule has 3 heteroatoms. The molecular weight excluding hydrogens is 262 g/mol. The number of benzene rings is 1. The van der Waals surface area contributed by atoms with Crippen LogP contribution in [0.4, 0.5) is 5.69 Å². The van der Waals surface area contributed by atoms with Crippen LogP contribution in [0.3, 0.4) is 0 Å². The number of carbonyl (C=O) groups excluding carboxylic acids is 1. The number of β-lactam (4-membered cyclic amide) rings is 1. The van der Waals surface area contributed by atoms with Crippen molar-refractivity contribution in [3.05, 3.63) is 42.0 Å². The highest BCUT2D eigenvalue weighted by Crippen LogP contribution is 2.50. The van der Waals surface area contributed by atoms with Crippen molar-refractivity contribution >= 4 is 11.6 Å². The van der Waals surface area contributed by atoms with Gasteiger partial charge < -0.3 is 5.11 Å². The number of para-hydroxylation sites is 1. The van der Waals surface area contributed by atoms with Crippen LogP contribution in [0, 0.1) is 5.41 Å². The van der Waals surface area contributed by atoms with E-state index in [1.165, 1.54) is 5.57 Å². The Morgan fingerprint density at radius 2 is 1.90 bits per heavy atom. The highest BCUT2D eigenvalue weighted by atomic mass is 16.3. The Morgan fingerprint density at radius 3 is 2.43 bits per heavy atom.